The zero-order valence-electron chi connectivity index (χ0n) is 10.9. The highest BCUT2D eigenvalue weighted by Gasteiger charge is 2.19. The van der Waals surface area contributed by atoms with E-state index in [1.807, 2.05) is 7.11 Å². The van der Waals surface area contributed by atoms with Gasteiger partial charge in [-0.1, -0.05) is 29.8 Å². The van der Waals surface area contributed by atoms with Crippen molar-refractivity contribution in [3.8, 4) is 0 Å². The molecule has 0 radical (unpaired) electrons. The molecule has 0 saturated heterocycles. The number of methoxy groups -OCH3 is 1. The van der Waals surface area contributed by atoms with E-state index in [0.717, 1.165) is 6.54 Å². The highest BCUT2D eigenvalue weighted by Crippen LogP contribution is 2.20. The predicted octanol–water partition coefficient (Wildman–Crippen LogP) is 3.04. The molecule has 2 rings (SSSR count). The maximum Gasteiger partial charge on any atom is 0.0572 e. The molecule has 1 N–H and O–H groups in total. The zero-order valence-corrected chi connectivity index (χ0v) is 10.9. The van der Waals surface area contributed by atoms with Gasteiger partial charge in [-0.05, 0) is 38.2 Å². The van der Waals surface area contributed by atoms with Gasteiger partial charge in [-0.2, -0.15) is 0 Å². The zero-order chi connectivity index (χ0) is 12.1. The molecule has 0 aromatic heterocycles. The number of hydrogen-bond donors (Lipinski definition) is 1. The lowest BCUT2D eigenvalue weighted by molar-refractivity contribution is 0.0624. The second kappa shape index (κ2) is 6.18. The topological polar surface area (TPSA) is 21.3 Å². The monoisotopic (exact) mass is 233 g/mol. The molecular weight excluding hydrogens is 210 g/mol. The second-order valence-corrected chi connectivity index (χ2v) is 5.08. The lowest BCUT2D eigenvalue weighted by atomic mass is 9.93. The predicted molar refractivity (Wildman–Crippen MR) is 71.1 cm³/mol. The molecule has 2 nitrogen and oxygen atoms in total. The van der Waals surface area contributed by atoms with E-state index >= 15 is 0 Å². The van der Waals surface area contributed by atoms with E-state index in [4.69, 9.17) is 4.74 Å². The van der Waals surface area contributed by atoms with Gasteiger partial charge in [0.2, 0.25) is 0 Å². The minimum absolute atomic E-state index is 0.493. The van der Waals surface area contributed by atoms with E-state index in [1.165, 1.54) is 36.8 Å². The molecule has 1 aliphatic carbocycles. The SMILES string of the molecule is COC1CCC(NCc2cccc(C)c2)CC1. The Labute approximate surface area is 104 Å². The molecular formula is C15H23NO. The van der Waals surface area contributed by atoms with Crippen molar-refractivity contribution in [3.05, 3.63) is 35.4 Å². The Morgan fingerprint density at radius 3 is 2.65 bits per heavy atom. The third-order valence-electron chi connectivity index (χ3n) is 3.68. The normalized spacial score (nSPS) is 24.8. The fraction of sp³-hybridized carbons (Fsp3) is 0.600. The maximum absolute atomic E-state index is 5.39. The molecule has 1 aliphatic rings. The molecule has 1 saturated carbocycles. The Morgan fingerprint density at radius 1 is 1.24 bits per heavy atom. The molecule has 0 atom stereocenters. The van der Waals surface area contributed by atoms with Crippen LogP contribution in [-0.4, -0.2) is 19.3 Å². The lowest BCUT2D eigenvalue weighted by Crippen LogP contribution is -2.34. The Morgan fingerprint density at radius 2 is 2.00 bits per heavy atom. The van der Waals surface area contributed by atoms with Crippen molar-refractivity contribution >= 4 is 0 Å². The summed E-state index contributed by atoms with van der Waals surface area (Å²) in [6.45, 7) is 3.14. The van der Waals surface area contributed by atoms with E-state index in [-0.39, 0.29) is 0 Å². The Bertz CT molecular complexity index is 343. The summed E-state index contributed by atoms with van der Waals surface area (Å²) in [6, 6.07) is 9.40. The summed E-state index contributed by atoms with van der Waals surface area (Å²) < 4.78 is 5.39. The van der Waals surface area contributed by atoms with Crippen LogP contribution in [0.4, 0.5) is 0 Å². The van der Waals surface area contributed by atoms with Gasteiger partial charge in [-0.25, -0.2) is 0 Å². The first-order valence-electron chi connectivity index (χ1n) is 6.59. The largest absolute Gasteiger partial charge is 0.381 e. The summed E-state index contributed by atoms with van der Waals surface area (Å²) in [6.07, 6.45) is 5.37. The first-order valence-corrected chi connectivity index (χ1v) is 6.59. The number of rotatable bonds is 4. The molecule has 0 heterocycles. The van der Waals surface area contributed by atoms with Gasteiger partial charge in [0.25, 0.3) is 0 Å². The van der Waals surface area contributed by atoms with Crippen molar-refractivity contribution in [3.63, 3.8) is 0 Å². The van der Waals surface area contributed by atoms with E-state index in [0.29, 0.717) is 12.1 Å². The quantitative estimate of drug-likeness (QED) is 0.863. The van der Waals surface area contributed by atoms with Crippen LogP contribution in [0.2, 0.25) is 0 Å². The van der Waals surface area contributed by atoms with E-state index in [2.05, 4.69) is 36.5 Å². The van der Waals surface area contributed by atoms with Gasteiger partial charge in [0, 0.05) is 19.7 Å². The first kappa shape index (κ1) is 12.6. The number of ether oxygens (including phenoxy) is 1. The molecule has 2 heteroatoms. The fourth-order valence-corrected chi connectivity index (χ4v) is 2.59. The van der Waals surface area contributed by atoms with Crippen LogP contribution in [-0.2, 0) is 11.3 Å². The number of benzene rings is 1. The summed E-state index contributed by atoms with van der Waals surface area (Å²) in [5.41, 5.74) is 2.73. The summed E-state index contributed by atoms with van der Waals surface area (Å²) in [5, 5.41) is 3.65. The maximum atomic E-state index is 5.39. The molecule has 0 amide bonds. The van der Waals surface area contributed by atoms with Crippen molar-refractivity contribution in [2.45, 2.75) is 51.3 Å². The minimum Gasteiger partial charge on any atom is -0.381 e. The summed E-state index contributed by atoms with van der Waals surface area (Å²) in [7, 11) is 1.82. The van der Waals surface area contributed by atoms with Gasteiger partial charge >= 0.3 is 0 Å². The standard InChI is InChI=1S/C15H23NO/c1-12-4-3-5-13(10-12)11-16-14-6-8-15(17-2)9-7-14/h3-5,10,14-16H,6-9,11H2,1-2H3. The third kappa shape index (κ3) is 3.83. The Kier molecular flexibility index (Phi) is 4.57. The molecule has 0 aliphatic heterocycles. The summed E-state index contributed by atoms with van der Waals surface area (Å²) >= 11 is 0. The van der Waals surface area contributed by atoms with E-state index in [1.54, 1.807) is 0 Å². The third-order valence-corrected chi connectivity index (χ3v) is 3.68. The van der Waals surface area contributed by atoms with Crippen LogP contribution in [0.15, 0.2) is 24.3 Å². The van der Waals surface area contributed by atoms with Crippen molar-refractivity contribution in [2.24, 2.45) is 0 Å². The lowest BCUT2D eigenvalue weighted by Gasteiger charge is -2.28. The van der Waals surface area contributed by atoms with Crippen LogP contribution < -0.4 is 5.32 Å². The summed E-state index contributed by atoms with van der Waals surface area (Å²) in [5.74, 6) is 0. The van der Waals surface area contributed by atoms with Gasteiger partial charge < -0.3 is 10.1 Å². The molecule has 1 aromatic carbocycles. The molecule has 1 fully saturated rings. The van der Waals surface area contributed by atoms with Gasteiger partial charge in [0.1, 0.15) is 0 Å². The molecule has 0 spiro atoms. The number of aryl methyl sites for hydroxylation is 1. The average molecular weight is 233 g/mol. The summed E-state index contributed by atoms with van der Waals surface area (Å²) in [4.78, 5) is 0. The van der Waals surface area contributed by atoms with Crippen LogP contribution in [0.5, 0.6) is 0 Å². The number of hydrogen-bond acceptors (Lipinski definition) is 2. The van der Waals surface area contributed by atoms with Crippen molar-refractivity contribution in [1.29, 1.82) is 0 Å². The van der Waals surface area contributed by atoms with Crippen LogP contribution in [0, 0.1) is 6.92 Å². The Balaban J connectivity index is 1.76. The molecule has 17 heavy (non-hydrogen) atoms. The first-order chi connectivity index (χ1) is 8.28. The second-order valence-electron chi connectivity index (χ2n) is 5.08. The van der Waals surface area contributed by atoms with Crippen LogP contribution in [0.1, 0.15) is 36.8 Å². The van der Waals surface area contributed by atoms with E-state index < -0.39 is 0 Å². The smallest absolute Gasteiger partial charge is 0.0572 e. The fourth-order valence-electron chi connectivity index (χ4n) is 2.59. The Hall–Kier alpha value is -0.860. The van der Waals surface area contributed by atoms with Crippen molar-refractivity contribution < 1.29 is 4.74 Å². The van der Waals surface area contributed by atoms with Crippen molar-refractivity contribution in [1.82, 2.24) is 5.32 Å². The highest BCUT2D eigenvalue weighted by atomic mass is 16.5. The van der Waals surface area contributed by atoms with Gasteiger partial charge in [0.15, 0.2) is 0 Å². The minimum atomic E-state index is 0.493. The average Bonchev–Trinajstić information content (AvgIpc) is 2.37. The highest BCUT2D eigenvalue weighted by molar-refractivity contribution is 5.22. The molecule has 94 valence electrons. The van der Waals surface area contributed by atoms with Crippen molar-refractivity contribution in [2.75, 3.05) is 7.11 Å². The van der Waals surface area contributed by atoms with Gasteiger partial charge in [-0.15, -0.1) is 0 Å². The van der Waals surface area contributed by atoms with Gasteiger partial charge in [0.05, 0.1) is 6.10 Å². The molecule has 0 bridgehead atoms. The van der Waals surface area contributed by atoms with Crippen LogP contribution in [0.3, 0.4) is 0 Å². The van der Waals surface area contributed by atoms with Gasteiger partial charge in [-0.3, -0.25) is 0 Å². The van der Waals surface area contributed by atoms with Crippen LogP contribution in [0.25, 0.3) is 0 Å². The molecule has 1 aromatic rings. The van der Waals surface area contributed by atoms with Crippen LogP contribution >= 0.6 is 0 Å². The number of nitrogens with one attached hydrogen (secondary N) is 1. The molecule has 0 unspecified atom stereocenters. The van der Waals surface area contributed by atoms with E-state index in [9.17, 15) is 0 Å².